The third-order valence-electron chi connectivity index (χ3n) is 2.30. The number of rotatable bonds is 3. The number of unbranched alkanes of at least 4 members (excludes halogenated alkanes) is 1. The van der Waals surface area contributed by atoms with Crippen LogP contribution in [0.15, 0.2) is 34.1 Å². The van der Waals surface area contributed by atoms with E-state index in [1.807, 2.05) is 11.8 Å². The SMILES string of the molecule is CCCCC1=CC2C=CC=C2S1. The molecule has 0 aromatic heterocycles. The van der Waals surface area contributed by atoms with E-state index in [4.69, 9.17) is 0 Å². The van der Waals surface area contributed by atoms with Crippen LogP contribution >= 0.6 is 11.8 Å². The van der Waals surface area contributed by atoms with Crippen molar-refractivity contribution in [1.29, 1.82) is 0 Å². The van der Waals surface area contributed by atoms with E-state index in [9.17, 15) is 0 Å². The second-order valence-corrected chi connectivity index (χ2v) is 4.52. The molecule has 0 fully saturated rings. The molecule has 1 aliphatic carbocycles. The molecule has 1 atom stereocenters. The highest BCUT2D eigenvalue weighted by Crippen LogP contribution is 2.44. The van der Waals surface area contributed by atoms with Gasteiger partial charge in [-0.15, -0.1) is 0 Å². The highest BCUT2D eigenvalue weighted by atomic mass is 32.2. The lowest BCUT2D eigenvalue weighted by Crippen LogP contribution is -1.81. The molecule has 0 saturated carbocycles. The van der Waals surface area contributed by atoms with Crippen LogP contribution in [0.2, 0.25) is 0 Å². The normalized spacial score (nSPS) is 25.6. The molecule has 0 bridgehead atoms. The topological polar surface area (TPSA) is 0 Å². The van der Waals surface area contributed by atoms with Crippen LogP contribution in [0.4, 0.5) is 0 Å². The van der Waals surface area contributed by atoms with Gasteiger partial charge < -0.3 is 0 Å². The summed E-state index contributed by atoms with van der Waals surface area (Å²) in [6.45, 7) is 2.25. The van der Waals surface area contributed by atoms with Crippen molar-refractivity contribution in [3.63, 3.8) is 0 Å². The summed E-state index contributed by atoms with van der Waals surface area (Å²) in [6, 6.07) is 0. The van der Waals surface area contributed by atoms with Gasteiger partial charge in [0.2, 0.25) is 0 Å². The molecule has 0 radical (unpaired) electrons. The monoisotopic (exact) mass is 178 g/mol. The molecule has 1 heteroatoms. The van der Waals surface area contributed by atoms with Gasteiger partial charge in [0.15, 0.2) is 0 Å². The zero-order valence-electron chi connectivity index (χ0n) is 7.42. The molecule has 0 saturated heterocycles. The fraction of sp³-hybridized carbons (Fsp3) is 0.455. The zero-order chi connectivity index (χ0) is 8.39. The first kappa shape index (κ1) is 8.18. The van der Waals surface area contributed by atoms with E-state index >= 15 is 0 Å². The molecule has 1 unspecified atom stereocenters. The van der Waals surface area contributed by atoms with Crippen molar-refractivity contribution in [3.05, 3.63) is 34.1 Å². The summed E-state index contributed by atoms with van der Waals surface area (Å²) in [7, 11) is 0. The van der Waals surface area contributed by atoms with Crippen molar-refractivity contribution in [2.75, 3.05) is 0 Å². The first-order valence-corrected chi connectivity index (χ1v) is 5.48. The van der Waals surface area contributed by atoms with Crippen LogP contribution in [0.3, 0.4) is 0 Å². The fourth-order valence-electron chi connectivity index (χ4n) is 1.59. The van der Waals surface area contributed by atoms with E-state index in [1.165, 1.54) is 24.2 Å². The van der Waals surface area contributed by atoms with Crippen LogP contribution in [0.5, 0.6) is 0 Å². The summed E-state index contributed by atoms with van der Waals surface area (Å²) in [5.74, 6) is 0.641. The fourth-order valence-corrected chi connectivity index (χ4v) is 2.78. The van der Waals surface area contributed by atoms with Gasteiger partial charge in [-0.05, 0) is 17.7 Å². The lowest BCUT2D eigenvalue weighted by molar-refractivity contribution is 0.807. The van der Waals surface area contributed by atoms with Crippen molar-refractivity contribution in [2.24, 2.45) is 5.92 Å². The van der Waals surface area contributed by atoms with Gasteiger partial charge in [-0.25, -0.2) is 0 Å². The molecule has 0 aromatic rings. The minimum Gasteiger partial charge on any atom is -0.0983 e. The summed E-state index contributed by atoms with van der Waals surface area (Å²) >= 11 is 1.98. The Hall–Kier alpha value is -0.430. The highest BCUT2D eigenvalue weighted by Gasteiger charge is 2.21. The Morgan fingerprint density at radius 3 is 3.17 bits per heavy atom. The molecule has 1 heterocycles. The van der Waals surface area contributed by atoms with Gasteiger partial charge in [0, 0.05) is 10.8 Å². The van der Waals surface area contributed by atoms with E-state index in [-0.39, 0.29) is 0 Å². The quantitative estimate of drug-likeness (QED) is 0.632. The largest absolute Gasteiger partial charge is 0.0983 e. The number of hydrogen-bond acceptors (Lipinski definition) is 1. The molecule has 12 heavy (non-hydrogen) atoms. The molecule has 0 aromatic carbocycles. The first-order valence-electron chi connectivity index (χ1n) is 4.67. The first-order chi connectivity index (χ1) is 5.90. The molecule has 0 amide bonds. The van der Waals surface area contributed by atoms with E-state index in [0.29, 0.717) is 5.92 Å². The molecule has 0 nitrogen and oxygen atoms in total. The molecular weight excluding hydrogens is 164 g/mol. The number of allylic oxidation sites excluding steroid dienone is 6. The van der Waals surface area contributed by atoms with Crippen molar-refractivity contribution < 1.29 is 0 Å². The maximum absolute atomic E-state index is 2.41. The zero-order valence-corrected chi connectivity index (χ0v) is 8.23. The van der Waals surface area contributed by atoms with Crippen LogP contribution in [-0.4, -0.2) is 0 Å². The summed E-state index contributed by atoms with van der Waals surface area (Å²) < 4.78 is 0. The van der Waals surface area contributed by atoms with Crippen LogP contribution in [0.25, 0.3) is 0 Å². The average molecular weight is 178 g/mol. The lowest BCUT2D eigenvalue weighted by atomic mass is 10.1. The molecule has 2 aliphatic rings. The molecule has 1 aliphatic heterocycles. The van der Waals surface area contributed by atoms with Crippen molar-refractivity contribution in [2.45, 2.75) is 26.2 Å². The lowest BCUT2D eigenvalue weighted by Gasteiger charge is -1.98. The second-order valence-electron chi connectivity index (χ2n) is 3.32. The second kappa shape index (κ2) is 3.53. The van der Waals surface area contributed by atoms with Gasteiger partial charge in [-0.2, -0.15) is 0 Å². The third-order valence-corrected chi connectivity index (χ3v) is 3.54. The number of thioether (sulfide) groups is 1. The van der Waals surface area contributed by atoms with Gasteiger partial charge in [0.05, 0.1) is 0 Å². The Morgan fingerprint density at radius 2 is 2.42 bits per heavy atom. The van der Waals surface area contributed by atoms with Crippen molar-refractivity contribution in [1.82, 2.24) is 0 Å². The van der Waals surface area contributed by atoms with Crippen molar-refractivity contribution >= 4 is 11.8 Å². The van der Waals surface area contributed by atoms with Crippen LogP contribution in [0.1, 0.15) is 26.2 Å². The summed E-state index contributed by atoms with van der Waals surface area (Å²) in [4.78, 5) is 3.11. The molecule has 64 valence electrons. The molecule has 2 rings (SSSR count). The summed E-state index contributed by atoms with van der Waals surface area (Å²) in [6.07, 6.45) is 13.0. The predicted octanol–water partition coefficient (Wildman–Crippen LogP) is 3.88. The van der Waals surface area contributed by atoms with E-state index in [2.05, 4.69) is 31.2 Å². The Kier molecular flexibility index (Phi) is 2.40. The maximum atomic E-state index is 2.41. The maximum Gasteiger partial charge on any atom is 0.0276 e. The van der Waals surface area contributed by atoms with E-state index < -0.39 is 0 Å². The standard InChI is InChI=1S/C11H14S/c1-2-3-6-10-8-9-5-4-7-11(9)12-10/h4-5,7-9H,2-3,6H2,1H3. The van der Waals surface area contributed by atoms with Gasteiger partial charge in [-0.1, -0.05) is 49.4 Å². The summed E-state index contributed by atoms with van der Waals surface area (Å²) in [5.41, 5.74) is 0. The van der Waals surface area contributed by atoms with Gasteiger partial charge in [-0.3, -0.25) is 0 Å². The van der Waals surface area contributed by atoms with Crippen LogP contribution in [0, 0.1) is 5.92 Å². The minimum absolute atomic E-state index is 0.641. The smallest absolute Gasteiger partial charge is 0.0276 e. The van der Waals surface area contributed by atoms with Crippen molar-refractivity contribution in [3.8, 4) is 0 Å². The molecular formula is C11H14S. The predicted molar refractivity (Wildman–Crippen MR) is 55.9 cm³/mol. The van der Waals surface area contributed by atoms with Gasteiger partial charge in [0.1, 0.15) is 0 Å². The van der Waals surface area contributed by atoms with Gasteiger partial charge >= 0.3 is 0 Å². The molecule has 0 N–H and O–H groups in total. The van der Waals surface area contributed by atoms with Gasteiger partial charge in [0.25, 0.3) is 0 Å². The Bertz CT molecular complexity index is 258. The Morgan fingerprint density at radius 1 is 1.50 bits per heavy atom. The highest BCUT2D eigenvalue weighted by molar-refractivity contribution is 8.07. The summed E-state index contributed by atoms with van der Waals surface area (Å²) in [5, 5.41) is 0. The van der Waals surface area contributed by atoms with E-state index in [1.54, 1.807) is 4.91 Å². The number of hydrogen-bond donors (Lipinski definition) is 0. The Labute approximate surface area is 78.4 Å². The van der Waals surface area contributed by atoms with E-state index in [0.717, 1.165) is 0 Å². The van der Waals surface area contributed by atoms with Crippen LogP contribution in [-0.2, 0) is 0 Å². The van der Waals surface area contributed by atoms with Crippen LogP contribution < -0.4 is 0 Å². The number of fused-ring (bicyclic) bond motifs is 1. The third kappa shape index (κ3) is 1.51. The molecule has 0 spiro atoms. The Balaban J connectivity index is 1.95. The average Bonchev–Trinajstić information content (AvgIpc) is 2.58. The minimum atomic E-state index is 0.641.